The van der Waals surface area contributed by atoms with Crippen LogP contribution in [-0.2, 0) is 21.9 Å². The van der Waals surface area contributed by atoms with E-state index in [0.29, 0.717) is 12.8 Å². The molecule has 0 saturated carbocycles. The molecule has 0 amide bonds. The number of hydrogen-bond donors (Lipinski definition) is 2. The van der Waals surface area contributed by atoms with E-state index >= 15 is 0 Å². The molecule has 0 fully saturated rings. The summed E-state index contributed by atoms with van der Waals surface area (Å²) in [5.41, 5.74) is 1.02. The van der Waals surface area contributed by atoms with Gasteiger partial charge in [0.1, 0.15) is 5.56 Å². The highest BCUT2D eigenvalue weighted by Crippen LogP contribution is 2.41. The minimum atomic E-state index is -4.62. The lowest BCUT2D eigenvalue weighted by Crippen LogP contribution is -2.22. The van der Waals surface area contributed by atoms with Crippen LogP contribution < -0.4 is 0 Å². The lowest BCUT2D eigenvalue weighted by molar-refractivity contribution is 0.140. The number of alkyl halides is 1. The maximum absolute atomic E-state index is 11.0. The van der Waals surface area contributed by atoms with Gasteiger partial charge >= 0.3 is 7.82 Å². The average Bonchev–Trinajstić information content (AvgIpc) is 2.47. The number of phosphoric acid groups is 1. The molecule has 0 radical (unpaired) electrons. The average molecular weight is 341 g/mol. The Balaban J connectivity index is 2.14. The summed E-state index contributed by atoms with van der Waals surface area (Å²) in [6, 6.07) is 19.3. The normalized spacial score (nSPS) is 13.3. The van der Waals surface area contributed by atoms with Crippen molar-refractivity contribution in [3.63, 3.8) is 0 Å². The Kier molecular flexibility index (Phi) is 6.18. The second kappa shape index (κ2) is 7.91. The molecule has 6 heteroatoms. The minimum Gasteiger partial charge on any atom is -0.303 e. The van der Waals surface area contributed by atoms with Crippen LogP contribution in [0.1, 0.15) is 11.1 Å². The second-order valence-corrected chi connectivity index (χ2v) is 6.71. The highest BCUT2D eigenvalue weighted by molar-refractivity contribution is 7.46. The fraction of sp³-hybridized carbons (Fsp3) is 0.250. The van der Waals surface area contributed by atoms with Gasteiger partial charge in [0.15, 0.2) is 0 Å². The van der Waals surface area contributed by atoms with Gasteiger partial charge in [0.05, 0.1) is 0 Å². The Labute approximate surface area is 135 Å². The largest absolute Gasteiger partial charge is 0.471 e. The molecule has 0 aliphatic rings. The van der Waals surface area contributed by atoms with Crippen LogP contribution >= 0.6 is 19.4 Å². The van der Waals surface area contributed by atoms with Gasteiger partial charge in [-0.3, -0.25) is 4.52 Å². The standard InChI is InChI=1S/C16H18ClO4P/c17-16(21-22(18,19)20)15(11-13-7-3-1-4-8-13)12-14-9-5-2-6-10-14/h1-10,15-16H,11-12H2,(H2,18,19,20). The van der Waals surface area contributed by atoms with Crippen molar-refractivity contribution >= 4 is 19.4 Å². The molecule has 0 heterocycles. The van der Waals surface area contributed by atoms with Crippen molar-refractivity contribution in [3.8, 4) is 0 Å². The van der Waals surface area contributed by atoms with Crippen molar-refractivity contribution in [3.05, 3.63) is 71.8 Å². The number of rotatable bonds is 7. The lowest BCUT2D eigenvalue weighted by atomic mass is 9.93. The van der Waals surface area contributed by atoms with Crippen molar-refractivity contribution in [1.82, 2.24) is 0 Å². The summed E-state index contributed by atoms with van der Waals surface area (Å²) in [6.07, 6.45) is 1.15. The van der Waals surface area contributed by atoms with E-state index in [1.165, 1.54) is 0 Å². The predicted molar refractivity (Wildman–Crippen MR) is 86.6 cm³/mol. The van der Waals surface area contributed by atoms with Crippen LogP contribution in [0.3, 0.4) is 0 Å². The van der Waals surface area contributed by atoms with E-state index in [2.05, 4.69) is 4.52 Å². The summed E-state index contributed by atoms with van der Waals surface area (Å²) >= 11 is 6.12. The van der Waals surface area contributed by atoms with Gasteiger partial charge in [0.25, 0.3) is 0 Å². The summed E-state index contributed by atoms with van der Waals surface area (Å²) in [5.74, 6) is -0.251. The third-order valence-electron chi connectivity index (χ3n) is 3.29. The molecule has 1 atom stereocenters. The van der Waals surface area contributed by atoms with E-state index in [4.69, 9.17) is 21.4 Å². The van der Waals surface area contributed by atoms with Gasteiger partial charge in [-0.15, -0.1) is 0 Å². The Morgan fingerprint density at radius 1 is 0.909 bits per heavy atom. The van der Waals surface area contributed by atoms with E-state index in [-0.39, 0.29) is 5.92 Å². The first-order chi connectivity index (χ1) is 10.4. The van der Waals surface area contributed by atoms with Crippen molar-refractivity contribution in [2.24, 2.45) is 5.92 Å². The summed E-state index contributed by atoms with van der Waals surface area (Å²) in [4.78, 5) is 17.9. The molecule has 0 aliphatic heterocycles. The van der Waals surface area contributed by atoms with Crippen molar-refractivity contribution in [1.29, 1.82) is 0 Å². The van der Waals surface area contributed by atoms with Gasteiger partial charge in [-0.1, -0.05) is 72.3 Å². The molecule has 2 aromatic carbocycles. The Bertz CT molecular complexity index is 573. The molecule has 1 unspecified atom stereocenters. The molecule has 2 rings (SSSR count). The monoisotopic (exact) mass is 340 g/mol. The zero-order valence-corrected chi connectivity index (χ0v) is 13.5. The van der Waals surface area contributed by atoms with Crippen LogP contribution in [0.25, 0.3) is 0 Å². The maximum Gasteiger partial charge on any atom is 0.471 e. The van der Waals surface area contributed by atoms with Crippen molar-refractivity contribution < 1.29 is 18.9 Å². The lowest BCUT2D eigenvalue weighted by Gasteiger charge is -2.23. The van der Waals surface area contributed by atoms with E-state index in [1.807, 2.05) is 60.7 Å². The fourth-order valence-corrected chi connectivity index (χ4v) is 3.23. The molecule has 22 heavy (non-hydrogen) atoms. The quantitative estimate of drug-likeness (QED) is 0.595. The molecule has 4 nitrogen and oxygen atoms in total. The van der Waals surface area contributed by atoms with Crippen LogP contribution in [0, 0.1) is 5.92 Å². The topological polar surface area (TPSA) is 66.8 Å². The summed E-state index contributed by atoms with van der Waals surface area (Å²) in [6.45, 7) is 0. The Morgan fingerprint density at radius 2 is 1.32 bits per heavy atom. The third kappa shape index (κ3) is 5.91. The molecule has 0 aromatic heterocycles. The minimum absolute atomic E-state index is 0.251. The molecule has 2 N–H and O–H groups in total. The highest BCUT2D eigenvalue weighted by Gasteiger charge is 2.28. The Hall–Kier alpha value is -1.16. The second-order valence-electron chi connectivity index (χ2n) is 5.09. The van der Waals surface area contributed by atoms with Gasteiger partial charge in [-0.25, -0.2) is 4.57 Å². The predicted octanol–water partition coefficient (Wildman–Crippen LogP) is 3.76. The molecule has 2 aromatic rings. The first-order valence-corrected chi connectivity index (χ1v) is 8.86. The Morgan fingerprint density at radius 3 is 1.68 bits per heavy atom. The van der Waals surface area contributed by atoms with Gasteiger partial charge < -0.3 is 9.79 Å². The SMILES string of the molecule is O=P(O)(O)OC(Cl)C(Cc1ccccc1)Cc1ccccc1. The number of halogens is 1. The highest BCUT2D eigenvalue weighted by atomic mass is 35.5. The summed E-state index contributed by atoms with van der Waals surface area (Å²) < 4.78 is 15.7. The first kappa shape index (κ1) is 17.2. The molecule has 0 saturated heterocycles. The van der Waals surface area contributed by atoms with Crippen LogP contribution in [0.15, 0.2) is 60.7 Å². The van der Waals surface area contributed by atoms with E-state index < -0.39 is 13.4 Å². The zero-order chi connectivity index (χ0) is 16.0. The van der Waals surface area contributed by atoms with Crippen LogP contribution in [-0.4, -0.2) is 15.3 Å². The molecule has 0 aliphatic carbocycles. The van der Waals surface area contributed by atoms with Crippen LogP contribution in [0.2, 0.25) is 0 Å². The number of hydrogen-bond acceptors (Lipinski definition) is 2. The van der Waals surface area contributed by atoms with Gasteiger partial charge in [0, 0.05) is 5.92 Å². The summed E-state index contributed by atoms with van der Waals surface area (Å²) in [5, 5.41) is 0. The maximum atomic E-state index is 11.0. The van der Waals surface area contributed by atoms with Crippen LogP contribution in [0.5, 0.6) is 0 Å². The smallest absolute Gasteiger partial charge is 0.303 e. The molecule has 0 bridgehead atoms. The van der Waals surface area contributed by atoms with Gasteiger partial charge in [-0.05, 0) is 24.0 Å². The van der Waals surface area contributed by atoms with E-state index in [9.17, 15) is 4.57 Å². The zero-order valence-electron chi connectivity index (χ0n) is 11.9. The molecule has 118 valence electrons. The van der Waals surface area contributed by atoms with E-state index in [0.717, 1.165) is 11.1 Å². The fourth-order valence-electron chi connectivity index (χ4n) is 2.31. The van der Waals surface area contributed by atoms with Gasteiger partial charge in [-0.2, -0.15) is 0 Å². The van der Waals surface area contributed by atoms with Gasteiger partial charge in [0.2, 0.25) is 0 Å². The molecule has 0 spiro atoms. The van der Waals surface area contributed by atoms with E-state index in [1.54, 1.807) is 0 Å². The van der Waals surface area contributed by atoms with Crippen LogP contribution in [0.4, 0.5) is 0 Å². The van der Waals surface area contributed by atoms with Crippen molar-refractivity contribution in [2.75, 3.05) is 0 Å². The number of benzene rings is 2. The van der Waals surface area contributed by atoms with Crippen molar-refractivity contribution in [2.45, 2.75) is 18.4 Å². The molecular weight excluding hydrogens is 323 g/mol. The summed E-state index contributed by atoms with van der Waals surface area (Å²) in [7, 11) is -4.62. The third-order valence-corrected chi connectivity index (χ3v) is 4.36. The number of phosphoric ester groups is 1. The molecular formula is C16H18ClO4P. The first-order valence-electron chi connectivity index (χ1n) is 6.90.